The van der Waals surface area contributed by atoms with Crippen molar-refractivity contribution in [3.63, 3.8) is 0 Å². The Labute approximate surface area is 196 Å². The summed E-state index contributed by atoms with van der Waals surface area (Å²) in [6, 6.07) is 15.8. The number of benzene rings is 3. The van der Waals surface area contributed by atoms with Crippen molar-refractivity contribution in [3.8, 4) is 0 Å². The molecule has 0 saturated heterocycles. The predicted molar refractivity (Wildman–Crippen MR) is 122 cm³/mol. The Morgan fingerprint density at radius 2 is 1.70 bits per heavy atom. The molecule has 11 heteroatoms. The Kier molecular flexibility index (Phi) is 6.37. The van der Waals surface area contributed by atoms with Crippen LogP contribution in [0.4, 0.5) is 13.2 Å². The molecule has 172 valence electrons. The van der Waals surface area contributed by atoms with Crippen LogP contribution < -0.4 is 9.60 Å². The van der Waals surface area contributed by atoms with Gasteiger partial charge in [-0.2, -0.15) is 13.2 Å². The Morgan fingerprint density at radius 3 is 2.39 bits per heavy atom. The number of hydrogen-bond acceptors (Lipinski definition) is 4. The molecule has 0 saturated carbocycles. The summed E-state index contributed by atoms with van der Waals surface area (Å²) in [6.07, 6.45) is -4.52. The van der Waals surface area contributed by atoms with E-state index in [2.05, 4.69) is 4.72 Å². The van der Waals surface area contributed by atoms with E-state index in [9.17, 15) is 26.4 Å². The summed E-state index contributed by atoms with van der Waals surface area (Å²) in [4.78, 5) is 12.2. The van der Waals surface area contributed by atoms with Gasteiger partial charge in [0.15, 0.2) is 0 Å². The molecule has 1 N–H and O–H groups in total. The van der Waals surface area contributed by atoms with Crippen LogP contribution in [0.3, 0.4) is 0 Å². The zero-order valence-corrected chi connectivity index (χ0v) is 19.2. The first-order valence-electron chi connectivity index (χ1n) is 9.56. The highest BCUT2D eigenvalue weighted by atomic mass is 35.5. The average molecular weight is 513 g/mol. The second-order valence-electron chi connectivity index (χ2n) is 7.23. The van der Waals surface area contributed by atoms with Crippen molar-refractivity contribution in [2.24, 2.45) is 0 Å². The van der Waals surface area contributed by atoms with Gasteiger partial charge in [0.1, 0.15) is 0 Å². The molecule has 0 spiro atoms. The SMILES string of the molecule is O=c1sc2cc(S(=O)(=O)NCc3cccc(C(F)(F)F)c3)ccc2n1Cc1ccc(Cl)cc1. The van der Waals surface area contributed by atoms with Crippen molar-refractivity contribution >= 4 is 43.2 Å². The number of aromatic nitrogens is 1. The molecule has 0 fully saturated rings. The lowest BCUT2D eigenvalue weighted by Crippen LogP contribution is -2.23. The molecule has 3 aromatic carbocycles. The lowest BCUT2D eigenvalue weighted by molar-refractivity contribution is -0.137. The van der Waals surface area contributed by atoms with E-state index in [-0.39, 0.29) is 21.9 Å². The number of alkyl halides is 3. The minimum absolute atomic E-state index is 0.0816. The molecule has 4 rings (SSSR count). The maximum atomic E-state index is 12.9. The lowest BCUT2D eigenvalue weighted by Gasteiger charge is -2.10. The first kappa shape index (κ1) is 23.5. The lowest BCUT2D eigenvalue weighted by atomic mass is 10.1. The van der Waals surface area contributed by atoms with E-state index in [0.717, 1.165) is 29.0 Å². The molecule has 0 aliphatic heterocycles. The third-order valence-corrected chi connectivity index (χ3v) is 7.52. The quantitative estimate of drug-likeness (QED) is 0.383. The molecule has 0 radical (unpaired) electrons. The number of halogens is 4. The van der Waals surface area contributed by atoms with Crippen LogP contribution in [-0.4, -0.2) is 13.0 Å². The monoisotopic (exact) mass is 512 g/mol. The van der Waals surface area contributed by atoms with Crippen LogP contribution in [0.1, 0.15) is 16.7 Å². The fourth-order valence-corrected chi connectivity index (χ4v) is 5.43. The van der Waals surface area contributed by atoms with E-state index >= 15 is 0 Å². The molecule has 0 aliphatic rings. The van der Waals surface area contributed by atoms with Crippen molar-refractivity contribution in [2.45, 2.75) is 24.2 Å². The molecule has 5 nitrogen and oxygen atoms in total. The van der Waals surface area contributed by atoms with Gasteiger partial charge in [0.05, 0.1) is 27.2 Å². The third-order valence-electron chi connectivity index (χ3n) is 4.92. The van der Waals surface area contributed by atoms with Crippen LogP contribution in [0.15, 0.2) is 76.4 Å². The zero-order chi connectivity index (χ0) is 23.8. The van der Waals surface area contributed by atoms with Gasteiger partial charge in [-0.15, -0.1) is 0 Å². The first-order valence-corrected chi connectivity index (χ1v) is 12.2. The fraction of sp³-hybridized carbons (Fsp3) is 0.136. The van der Waals surface area contributed by atoms with E-state index in [4.69, 9.17) is 11.6 Å². The van der Waals surface area contributed by atoms with E-state index in [0.29, 0.717) is 21.8 Å². The van der Waals surface area contributed by atoms with Crippen LogP contribution >= 0.6 is 22.9 Å². The van der Waals surface area contributed by atoms with Gasteiger partial charge in [-0.25, -0.2) is 13.1 Å². The van der Waals surface area contributed by atoms with Crippen LogP contribution in [0.2, 0.25) is 5.02 Å². The molecule has 4 aromatic rings. The van der Waals surface area contributed by atoms with Gasteiger partial charge in [-0.05, 0) is 47.5 Å². The molecular weight excluding hydrogens is 497 g/mol. The number of thiazole rings is 1. The summed E-state index contributed by atoms with van der Waals surface area (Å²) >= 11 is 6.81. The summed E-state index contributed by atoms with van der Waals surface area (Å²) in [5.41, 5.74) is 0.762. The normalized spacial score (nSPS) is 12.4. The minimum atomic E-state index is -4.52. The minimum Gasteiger partial charge on any atom is -0.294 e. The number of fused-ring (bicyclic) bond motifs is 1. The average Bonchev–Trinajstić information content (AvgIpc) is 3.08. The number of nitrogens with zero attached hydrogens (tertiary/aromatic N) is 1. The highest BCUT2D eigenvalue weighted by Crippen LogP contribution is 2.29. The standard InChI is InChI=1S/C22H16ClF3N2O3S2/c23-17-6-4-14(5-7-17)13-28-19-9-8-18(11-20(19)32-21(28)29)33(30,31)27-12-15-2-1-3-16(10-15)22(24,25)26/h1-11,27H,12-13H2. The van der Waals surface area contributed by atoms with Crippen LogP contribution in [0, 0.1) is 0 Å². The van der Waals surface area contributed by atoms with Gasteiger partial charge >= 0.3 is 11.0 Å². The largest absolute Gasteiger partial charge is 0.416 e. The zero-order valence-electron chi connectivity index (χ0n) is 16.8. The van der Waals surface area contributed by atoms with Crippen molar-refractivity contribution < 1.29 is 21.6 Å². The molecule has 0 bridgehead atoms. The first-order chi connectivity index (χ1) is 15.5. The van der Waals surface area contributed by atoms with Gasteiger partial charge in [0, 0.05) is 11.6 Å². The van der Waals surface area contributed by atoms with E-state index in [1.54, 1.807) is 30.3 Å². The Morgan fingerprint density at radius 1 is 0.970 bits per heavy atom. The topological polar surface area (TPSA) is 68.2 Å². The van der Waals surface area contributed by atoms with E-state index < -0.39 is 21.8 Å². The van der Waals surface area contributed by atoms with E-state index in [1.807, 2.05) is 0 Å². The molecule has 1 aromatic heterocycles. The maximum Gasteiger partial charge on any atom is 0.416 e. The smallest absolute Gasteiger partial charge is 0.294 e. The molecule has 0 amide bonds. The molecular formula is C22H16ClF3N2O3S2. The highest BCUT2D eigenvalue weighted by molar-refractivity contribution is 7.89. The fourth-order valence-electron chi connectivity index (χ4n) is 3.26. The second kappa shape index (κ2) is 8.94. The van der Waals surface area contributed by atoms with Crippen molar-refractivity contribution in [1.82, 2.24) is 9.29 Å². The summed E-state index contributed by atoms with van der Waals surface area (Å²) in [5.74, 6) is 0. The van der Waals surface area contributed by atoms with E-state index in [1.165, 1.54) is 28.8 Å². The molecule has 0 atom stereocenters. The molecule has 33 heavy (non-hydrogen) atoms. The highest BCUT2D eigenvalue weighted by Gasteiger charge is 2.30. The molecule has 0 unspecified atom stereocenters. The number of sulfonamides is 1. The molecule has 0 aliphatic carbocycles. The van der Waals surface area contributed by atoms with Crippen molar-refractivity contribution in [2.75, 3.05) is 0 Å². The number of nitrogens with one attached hydrogen (secondary N) is 1. The molecule has 1 heterocycles. The Bertz CT molecular complexity index is 1480. The van der Waals surface area contributed by atoms with Gasteiger partial charge in [0.25, 0.3) is 0 Å². The third kappa shape index (κ3) is 5.30. The van der Waals surface area contributed by atoms with Crippen molar-refractivity contribution in [3.05, 3.63) is 98.1 Å². The van der Waals surface area contributed by atoms with Crippen LogP contribution in [0.5, 0.6) is 0 Å². The van der Waals surface area contributed by atoms with Gasteiger partial charge < -0.3 is 0 Å². The summed E-state index contributed by atoms with van der Waals surface area (Å²) in [7, 11) is -4.02. The number of hydrogen-bond donors (Lipinski definition) is 1. The summed E-state index contributed by atoms with van der Waals surface area (Å²) in [6.45, 7) is -0.00595. The Hall–Kier alpha value is -2.66. The van der Waals surface area contributed by atoms with Gasteiger partial charge in [-0.1, -0.05) is 53.3 Å². The van der Waals surface area contributed by atoms with Crippen molar-refractivity contribution in [1.29, 1.82) is 0 Å². The number of rotatable bonds is 6. The van der Waals surface area contributed by atoms with Crippen LogP contribution in [-0.2, 0) is 29.3 Å². The van der Waals surface area contributed by atoms with Gasteiger partial charge in [-0.3, -0.25) is 9.36 Å². The summed E-state index contributed by atoms with van der Waals surface area (Å²) < 4.78 is 68.4. The maximum absolute atomic E-state index is 12.9. The Balaban J connectivity index is 1.57. The predicted octanol–water partition coefficient (Wildman–Crippen LogP) is 5.26. The van der Waals surface area contributed by atoms with Gasteiger partial charge in [0.2, 0.25) is 10.0 Å². The summed E-state index contributed by atoms with van der Waals surface area (Å²) in [5, 5.41) is 0.578. The van der Waals surface area contributed by atoms with Crippen LogP contribution in [0.25, 0.3) is 10.2 Å². The second-order valence-corrected chi connectivity index (χ2v) is 10.4.